The second-order valence-electron chi connectivity index (χ2n) is 8.30. The summed E-state index contributed by atoms with van der Waals surface area (Å²) < 4.78 is 1.90. The van der Waals surface area contributed by atoms with Crippen LogP contribution in [0.5, 0.6) is 0 Å². The molecule has 0 aliphatic carbocycles. The van der Waals surface area contributed by atoms with Crippen molar-refractivity contribution < 1.29 is 0 Å². The number of hydrogen-bond acceptors (Lipinski definition) is 3. The van der Waals surface area contributed by atoms with Crippen molar-refractivity contribution in [3.8, 4) is 11.1 Å². The van der Waals surface area contributed by atoms with Crippen LogP contribution in [0, 0.1) is 12.8 Å². The lowest BCUT2D eigenvalue weighted by Gasteiger charge is -2.12. The lowest BCUT2D eigenvalue weighted by molar-refractivity contribution is 0.647. The Kier molecular flexibility index (Phi) is 5.40. The molecule has 30 heavy (non-hydrogen) atoms. The zero-order chi connectivity index (χ0) is 21.3. The van der Waals surface area contributed by atoms with Gasteiger partial charge < -0.3 is 5.32 Å². The number of aromatic nitrogens is 3. The fraction of sp³-hybridized carbons (Fsp3) is 0.231. The summed E-state index contributed by atoms with van der Waals surface area (Å²) in [7, 11) is 1.97. The van der Waals surface area contributed by atoms with E-state index in [1.54, 1.807) is 0 Å². The van der Waals surface area contributed by atoms with E-state index in [0.29, 0.717) is 5.92 Å². The number of benzene rings is 2. The molecular weight excluding hydrogens is 368 g/mol. The standard InChI is InChI=1S/C26H28N4/c1-17(2)12-20-6-8-21(9-7-20)18(3)29-26-14-24-13-22(10-11-23(24)15-27-26)25-16-28-30(5)19(25)4/h6-11,13-17H,3,12H2,1-2,4-5H3,(H,27,29). The molecule has 4 rings (SSSR count). The van der Waals surface area contributed by atoms with E-state index in [9.17, 15) is 0 Å². The molecule has 1 N–H and O–H groups in total. The highest BCUT2D eigenvalue weighted by atomic mass is 15.3. The number of anilines is 1. The van der Waals surface area contributed by atoms with Gasteiger partial charge in [0.25, 0.3) is 0 Å². The van der Waals surface area contributed by atoms with Crippen LogP contribution in [0.25, 0.3) is 27.6 Å². The molecule has 2 heterocycles. The molecule has 4 aromatic rings. The molecule has 0 spiro atoms. The van der Waals surface area contributed by atoms with Crippen molar-refractivity contribution in [2.24, 2.45) is 13.0 Å². The maximum Gasteiger partial charge on any atom is 0.130 e. The van der Waals surface area contributed by atoms with Gasteiger partial charge in [-0.25, -0.2) is 4.98 Å². The molecule has 0 atom stereocenters. The van der Waals surface area contributed by atoms with Crippen molar-refractivity contribution in [1.29, 1.82) is 0 Å². The molecule has 0 fully saturated rings. The van der Waals surface area contributed by atoms with E-state index in [0.717, 1.165) is 51.1 Å². The molecule has 4 nitrogen and oxygen atoms in total. The molecule has 0 radical (unpaired) electrons. The zero-order valence-electron chi connectivity index (χ0n) is 18.1. The minimum Gasteiger partial charge on any atom is -0.340 e. The van der Waals surface area contributed by atoms with Gasteiger partial charge in [0.05, 0.1) is 6.20 Å². The third kappa shape index (κ3) is 4.13. The summed E-state index contributed by atoms with van der Waals surface area (Å²) in [6, 6.07) is 17.1. The first kappa shape index (κ1) is 19.9. The molecule has 0 unspecified atom stereocenters. The van der Waals surface area contributed by atoms with Gasteiger partial charge in [0.2, 0.25) is 0 Å². The second-order valence-corrected chi connectivity index (χ2v) is 8.30. The number of nitrogens with one attached hydrogen (secondary N) is 1. The minimum atomic E-state index is 0.652. The summed E-state index contributed by atoms with van der Waals surface area (Å²) in [5.74, 6) is 1.44. The van der Waals surface area contributed by atoms with Gasteiger partial charge in [0.1, 0.15) is 5.82 Å². The highest BCUT2D eigenvalue weighted by Crippen LogP contribution is 2.28. The Labute approximate surface area is 178 Å². The van der Waals surface area contributed by atoms with Gasteiger partial charge in [-0.05, 0) is 53.5 Å². The molecule has 0 aliphatic heterocycles. The third-order valence-electron chi connectivity index (χ3n) is 5.49. The molecular formula is C26H28N4. The fourth-order valence-electron chi connectivity index (χ4n) is 3.70. The van der Waals surface area contributed by atoms with Crippen molar-refractivity contribution in [3.63, 3.8) is 0 Å². The molecule has 4 heteroatoms. The first-order valence-corrected chi connectivity index (χ1v) is 10.3. The quantitative estimate of drug-likeness (QED) is 0.420. The largest absolute Gasteiger partial charge is 0.340 e. The van der Waals surface area contributed by atoms with Crippen molar-refractivity contribution in [2.75, 3.05) is 5.32 Å². The highest BCUT2D eigenvalue weighted by Gasteiger charge is 2.08. The molecule has 0 saturated carbocycles. The average molecular weight is 397 g/mol. The van der Waals surface area contributed by atoms with Crippen molar-refractivity contribution in [2.45, 2.75) is 27.2 Å². The van der Waals surface area contributed by atoms with Crippen LogP contribution in [-0.2, 0) is 13.5 Å². The predicted octanol–water partition coefficient (Wildman–Crippen LogP) is 6.23. The van der Waals surface area contributed by atoms with Gasteiger partial charge in [-0.15, -0.1) is 0 Å². The lowest BCUT2D eigenvalue weighted by Crippen LogP contribution is -2.00. The summed E-state index contributed by atoms with van der Waals surface area (Å²) in [6.45, 7) is 10.8. The van der Waals surface area contributed by atoms with Crippen LogP contribution in [0.1, 0.15) is 30.7 Å². The maximum atomic E-state index is 4.56. The first-order chi connectivity index (χ1) is 14.4. The van der Waals surface area contributed by atoms with Crippen LogP contribution in [0.2, 0.25) is 0 Å². The molecule has 2 aromatic heterocycles. The van der Waals surface area contributed by atoms with Crippen molar-refractivity contribution in [1.82, 2.24) is 14.8 Å². The highest BCUT2D eigenvalue weighted by molar-refractivity contribution is 5.89. The molecule has 0 aliphatic rings. The van der Waals surface area contributed by atoms with E-state index in [-0.39, 0.29) is 0 Å². The number of nitrogens with zero attached hydrogens (tertiary/aromatic N) is 3. The third-order valence-corrected chi connectivity index (χ3v) is 5.49. The Morgan fingerprint density at radius 3 is 2.47 bits per heavy atom. The first-order valence-electron chi connectivity index (χ1n) is 10.3. The number of aryl methyl sites for hydroxylation is 1. The lowest BCUT2D eigenvalue weighted by atomic mass is 10.0. The van der Waals surface area contributed by atoms with E-state index in [2.05, 4.69) is 91.3 Å². The van der Waals surface area contributed by atoms with E-state index in [1.165, 1.54) is 5.56 Å². The zero-order valence-corrected chi connectivity index (χ0v) is 18.1. The van der Waals surface area contributed by atoms with Gasteiger partial charge in [-0.3, -0.25) is 4.68 Å². The monoisotopic (exact) mass is 396 g/mol. The van der Waals surface area contributed by atoms with Crippen LogP contribution in [0.3, 0.4) is 0 Å². The Morgan fingerprint density at radius 2 is 1.80 bits per heavy atom. The smallest absolute Gasteiger partial charge is 0.130 e. The predicted molar refractivity (Wildman–Crippen MR) is 126 cm³/mol. The summed E-state index contributed by atoms with van der Waals surface area (Å²) in [4.78, 5) is 4.56. The van der Waals surface area contributed by atoms with Gasteiger partial charge in [0, 0.05) is 35.6 Å². The Hall–Kier alpha value is -3.40. The molecule has 0 saturated heterocycles. The number of hydrogen-bond donors (Lipinski definition) is 1. The molecule has 0 bridgehead atoms. The molecule has 152 valence electrons. The number of pyridine rings is 1. The van der Waals surface area contributed by atoms with Gasteiger partial charge in [-0.2, -0.15) is 5.10 Å². The van der Waals surface area contributed by atoms with Crippen LogP contribution in [0.15, 0.2) is 67.5 Å². The van der Waals surface area contributed by atoms with E-state index < -0.39 is 0 Å². The van der Waals surface area contributed by atoms with E-state index in [4.69, 9.17) is 0 Å². The van der Waals surface area contributed by atoms with Crippen LogP contribution < -0.4 is 5.32 Å². The van der Waals surface area contributed by atoms with Crippen LogP contribution in [0.4, 0.5) is 5.82 Å². The number of rotatable bonds is 6. The molecule has 2 aromatic carbocycles. The van der Waals surface area contributed by atoms with E-state index >= 15 is 0 Å². The average Bonchev–Trinajstić information content (AvgIpc) is 3.06. The van der Waals surface area contributed by atoms with E-state index in [1.807, 2.05) is 24.1 Å². The summed E-state index contributed by atoms with van der Waals surface area (Å²) in [6.07, 6.45) is 4.91. The maximum absolute atomic E-state index is 4.56. The van der Waals surface area contributed by atoms with Crippen molar-refractivity contribution >= 4 is 22.3 Å². The minimum absolute atomic E-state index is 0.652. The van der Waals surface area contributed by atoms with Crippen molar-refractivity contribution in [3.05, 3.63) is 84.3 Å². The summed E-state index contributed by atoms with van der Waals surface area (Å²) >= 11 is 0. The van der Waals surface area contributed by atoms with Gasteiger partial charge >= 0.3 is 0 Å². The second kappa shape index (κ2) is 8.15. The van der Waals surface area contributed by atoms with Crippen LogP contribution >= 0.6 is 0 Å². The Morgan fingerprint density at radius 1 is 1.03 bits per heavy atom. The summed E-state index contributed by atoms with van der Waals surface area (Å²) in [5, 5.41) is 9.97. The summed E-state index contributed by atoms with van der Waals surface area (Å²) in [5.41, 5.74) is 6.72. The number of fused-ring (bicyclic) bond motifs is 1. The topological polar surface area (TPSA) is 42.7 Å². The van der Waals surface area contributed by atoms with Crippen LogP contribution in [-0.4, -0.2) is 14.8 Å². The molecule has 0 amide bonds. The normalized spacial score (nSPS) is 11.2. The Balaban J connectivity index is 1.57. The fourth-order valence-corrected chi connectivity index (χ4v) is 3.70. The SMILES string of the molecule is C=C(Nc1cc2cc(-c3cnn(C)c3C)ccc2cn1)c1ccc(CC(C)C)cc1. The van der Waals surface area contributed by atoms with Gasteiger partial charge in [-0.1, -0.05) is 56.8 Å². The Bertz CT molecular complexity index is 1200. The van der Waals surface area contributed by atoms with Gasteiger partial charge in [0.15, 0.2) is 0 Å².